The summed E-state index contributed by atoms with van der Waals surface area (Å²) in [5.41, 5.74) is 3.60. The Morgan fingerprint density at radius 3 is 2.28 bits per heavy atom. The van der Waals surface area contributed by atoms with Gasteiger partial charge in [0.25, 0.3) is 5.91 Å². The molecular weight excluding hydrogens is 370 g/mol. The average Bonchev–Trinajstić information content (AvgIpc) is 3.14. The van der Waals surface area contributed by atoms with Gasteiger partial charge in [-0.3, -0.25) is 4.79 Å². The lowest BCUT2D eigenvalue weighted by atomic mass is 10.0. The zero-order valence-electron chi connectivity index (χ0n) is 15.9. The average molecular weight is 389 g/mol. The maximum Gasteiger partial charge on any atom is 0.352 e. The number of hydrogen-bond acceptors (Lipinski definition) is 5. The van der Waals surface area contributed by atoms with Gasteiger partial charge in [-0.25, -0.2) is 9.48 Å². The van der Waals surface area contributed by atoms with Crippen molar-refractivity contribution in [2.75, 3.05) is 10.6 Å². The van der Waals surface area contributed by atoms with Crippen LogP contribution < -0.4 is 10.6 Å². The normalized spacial score (nSPS) is 15.1. The number of carboxylic acids is 1. The summed E-state index contributed by atoms with van der Waals surface area (Å²) in [6.45, 7) is 3.93. The van der Waals surface area contributed by atoms with E-state index in [0.29, 0.717) is 5.69 Å². The van der Waals surface area contributed by atoms with Gasteiger partial charge in [0.05, 0.1) is 0 Å². The van der Waals surface area contributed by atoms with E-state index in [-0.39, 0.29) is 17.2 Å². The van der Waals surface area contributed by atoms with Gasteiger partial charge in [-0.1, -0.05) is 52.7 Å². The SMILES string of the molecule is Cc1ccc(NC(=O)c2nnn3c2NC(C(=O)O)=C[C@H]3c2ccc(C)cc2)cc1. The zero-order chi connectivity index (χ0) is 20.5. The van der Waals surface area contributed by atoms with Crippen molar-refractivity contribution in [1.29, 1.82) is 0 Å². The Bertz CT molecular complexity index is 1110. The lowest BCUT2D eigenvalue weighted by molar-refractivity contribution is -0.132. The number of rotatable bonds is 4. The molecule has 3 N–H and O–H groups in total. The van der Waals surface area contributed by atoms with Crippen molar-refractivity contribution in [3.05, 3.63) is 82.7 Å². The molecular formula is C21H19N5O3. The highest BCUT2D eigenvalue weighted by molar-refractivity contribution is 6.07. The molecule has 1 aromatic heterocycles. The zero-order valence-corrected chi connectivity index (χ0v) is 15.9. The van der Waals surface area contributed by atoms with Crippen LogP contribution in [0.5, 0.6) is 0 Å². The van der Waals surface area contributed by atoms with Crippen LogP contribution in [-0.2, 0) is 4.79 Å². The molecule has 0 saturated carbocycles. The number of aliphatic carboxylic acids is 1. The van der Waals surface area contributed by atoms with Gasteiger partial charge < -0.3 is 15.7 Å². The summed E-state index contributed by atoms with van der Waals surface area (Å²) in [6.07, 6.45) is 1.55. The second-order valence-corrected chi connectivity index (χ2v) is 6.92. The molecule has 146 valence electrons. The van der Waals surface area contributed by atoms with Crippen molar-refractivity contribution in [1.82, 2.24) is 15.0 Å². The number of allylic oxidation sites excluding steroid dienone is 1. The van der Waals surface area contributed by atoms with E-state index in [1.807, 2.05) is 50.2 Å². The fraction of sp³-hybridized carbons (Fsp3) is 0.143. The summed E-state index contributed by atoms with van der Waals surface area (Å²) in [7, 11) is 0. The van der Waals surface area contributed by atoms with Gasteiger partial charge in [-0.15, -0.1) is 5.10 Å². The van der Waals surface area contributed by atoms with Gasteiger partial charge >= 0.3 is 5.97 Å². The van der Waals surface area contributed by atoms with Gasteiger partial charge in [0, 0.05) is 5.69 Å². The number of benzene rings is 2. The molecule has 1 aliphatic rings. The van der Waals surface area contributed by atoms with Gasteiger partial charge in [-0.2, -0.15) is 0 Å². The number of fused-ring (bicyclic) bond motifs is 1. The first kappa shape index (κ1) is 18.4. The Morgan fingerprint density at radius 2 is 1.66 bits per heavy atom. The summed E-state index contributed by atoms with van der Waals surface area (Å²) < 4.78 is 1.52. The van der Waals surface area contributed by atoms with Crippen LogP contribution in [0.3, 0.4) is 0 Å². The van der Waals surface area contributed by atoms with Crippen LogP contribution in [-0.4, -0.2) is 32.0 Å². The van der Waals surface area contributed by atoms with Crippen LogP contribution in [0.15, 0.2) is 60.3 Å². The lowest BCUT2D eigenvalue weighted by Gasteiger charge is -2.23. The molecule has 29 heavy (non-hydrogen) atoms. The molecule has 0 saturated heterocycles. The number of aromatic nitrogens is 3. The first-order valence-electron chi connectivity index (χ1n) is 9.04. The van der Waals surface area contributed by atoms with Gasteiger partial charge in [0.1, 0.15) is 11.7 Å². The summed E-state index contributed by atoms with van der Waals surface area (Å²) in [4.78, 5) is 24.4. The number of carbonyl (C=O) groups is 2. The van der Waals surface area contributed by atoms with E-state index in [1.54, 1.807) is 18.2 Å². The van der Waals surface area contributed by atoms with Crippen molar-refractivity contribution in [2.24, 2.45) is 0 Å². The predicted octanol–water partition coefficient (Wildman–Crippen LogP) is 3.13. The summed E-state index contributed by atoms with van der Waals surface area (Å²) >= 11 is 0. The topological polar surface area (TPSA) is 109 Å². The molecule has 0 fully saturated rings. The third-order valence-corrected chi connectivity index (χ3v) is 4.71. The number of amides is 1. The Morgan fingerprint density at radius 1 is 1.03 bits per heavy atom. The third-order valence-electron chi connectivity index (χ3n) is 4.71. The number of nitrogens with zero attached hydrogens (tertiary/aromatic N) is 3. The minimum absolute atomic E-state index is 0.0227. The number of carboxylic acid groups (broad SMARTS) is 1. The van der Waals surface area contributed by atoms with Crippen LogP contribution in [0.4, 0.5) is 11.5 Å². The number of anilines is 2. The highest BCUT2D eigenvalue weighted by atomic mass is 16.4. The highest BCUT2D eigenvalue weighted by Crippen LogP contribution is 2.31. The summed E-state index contributed by atoms with van der Waals surface area (Å²) in [6, 6.07) is 14.5. The van der Waals surface area contributed by atoms with Crippen LogP contribution in [0.25, 0.3) is 0 Å². The first-order valence-corrected chi connectivity index (χ1v) is 9.04. The molecule has 2 heterocycles. The largest absolute Gasteiger partial charge is 0.477 e. The predicted molar refractivity (Wildman–Crippen MR) is 108 cm³/mol. The van der Waals surface area contributed by atoms with Crippen molar-refractivity contribution >= 4 is 23.4 Å². The Balaban J connectivity index is 1.70. The van der Waals surface area contributed by atoms with Crippen LogP contribution in [0, 0.1) is 13.8 Å². The van der Waals surface area contributed by atoms with E-state index in [4.69, 9.17) is 0 Å². The molecule has 0 spiro atoms. The van der Waals surface area contributed by atoms with E-state index in [9.17, 15) is 14.7 Å². The maximum absolute atomic E-state index is 12.8. The van der Waals surface area contributed by atoms with Crippen molar-refractivity contribution in [3.8, 4) is 0 Å². The van der Waals surface area contributed by atoms with Crippen molar-refractivity contribution < 1.29 is 14.7 Å². The summed E-state index contributed by atoms with van der Waals surface area (Å²) in [5, 5.41) is 23.2. The Hall–Kier alpha value is -3.94. The molecule has 3 aromatic rings. The number of aryl methyl sites for hydroxylation is 2. The number of nitrogens with one attached hydrogen (secondary N) is 2. The molecule has 0 aliphatic carbocycles. The van der Waals surface area contributed by atoms with Crippen LogP contribution in [0.2, 0.25) is 0 Å². The minimum atomic E-state index is -1.13. The monoisotopic (exact) mass is 389 g/mol. The minimum Gasteiger partial charge on any atom is -0.477 e. The quantitative estimate of drug-likeness (QED) is 0.633. The molecule has 8 nitrogen and oxygen atoms in total. The van der Waals surface area contributed by atoms with E-state index in [0.717, 1.165) is 16.7 Å². The summed E-state index contributed by atoms with van der Waals surface area (Å²) in [5.74, 6) is -1.36. The van der Waals surface area contributed by atoms with E-state index in [1.165, 1.54) is 4.68 Å². The molecule has 2 aromatic carbocycles. The van der Waals surface area contributed by atoms with Crippen LogP contribution in [0.1, 0.15) is 33.2 Å². The smallest absolute Gasteiger partial charge is 0.352 e. The fourth-order valence-electron chi connectivity index (χ4n) is 3.11. The van der Waals surface area contributed by atoms with Gasteiger partial charge in [-0.05, 0) is 37.6 Å². The van der Waals surface area contributed by atoms with E-state index in [2.05, 4.69) is 20.9 Å². The van der Waals surface area contributed by atoms with Crippen molar-refractivity contribution in [2.45, 2.75) is 19.9 Å². The number of carbonyl (C=O) groups excluding carboxylic acids is 1. The molecule has 4 rings (SSSR count). The first-order chi connectivity index (χ1) is 13.9. The highest BCUT2D eigenvalue weighted by Gasteiger charge is 2.30. The molecule has 0 bridgehead atoms. The lowest BCUT2D eigenvalue weighted by Crippen LogP contribution is -2.25. The number of hydrogen-bond donors (Lipinski definition) is 3. The molecule has 1 aliphatic heterocycles. The van der Waals surface area contributed by atoms with Gasteiger partial charge in [0.2, 0.25) is 0 Å². The standard InChI is InChI=1S/C21H19N5O3/c1-12-3-7-14(8-4-12)17-11-16(21(28)29)23-19-18(24-25-26(17)19)20(27)22-15-9-5-13(2)6-10-15/h3-11,17,23H,1-2H3,(H,22,27)(H,28,29)/t17-/m0/s1. The maximum atomic E-state index is 12.8. The molecule has 0 unspecified atom stereocenters. The molecule has 0 radical (unpaired) electrons. The fourth-order valence-corrected chi connectivity index (χ4v) is 3.11. The second-order valence-electron chi connectivity index (χ2n) is 6.92. The van der Waals surface area contributed by atoms with Crippen molar-refractivity contribution in [3.63, 3.8) is 0 Å². The van der Waals surface area contributed by atoms with E-state index >= 15 is 0 Å². The Kier molecular flexibility index (Phi) is 4.59. The molecule has 1 amide bonds. The Labute approximate surface area is 166 Å². The van der Waals surface area contributed by atoms with E-state index < -0.39 is 17.9 Å². The molecule has 1 atom stereocenters. The second kappa shape index (κ2) is 7.23. The molecule has 8 heteroatoms. The van der Waals surface area contributed by atoms with Crippen LogP contribution >= 0.6 is 0 Å². The third kappa shape index (κ3) is 3.60. The van der Waals surface area contributed by atoms with Gasteiger partial charge in [0.15, 0.2) is 11.5 Å².